The summed E-state index contributed by atoms with van der Waals surface area (Å²) in [6.07, 6.45) is 7.42. The molecule has 0 amide bonds. The Hall–Kier alpha value is -3.68. The van der Waals surface area contributed by atoms with Crippen molar-refractivity contribution in [1.29, 1.82) is 5.41 Å². The monoisotopic (exact) mass is 380 g/mol. The van der Waals surface area contributed by atoms with Gasteiger partial charge in [0.15, 0.2) is 5.82 Å². The molecule has 0 fully saturated rings. The standard InChI is InChI=1S/C20H18F2N6/c1-3-14(12-23)13(2)6-9-18-26-27-19(28(18)24)20(21,22)16-7-8-17-15(11-16)5-4-10-25-17/h3-12,23H,2,24H2,1H3/b9-6-,14-3+,23-12?. The summed E-state index contributed by atoms with van der Waals surface area (Å²) in [5.41, 5.74) is 1.47. The van der Waals surface area contributed by atoms with Crippen LogP contribution in [0.1, 0.15) is 24.1 Å². The SMILES string of the molecule is C=C(/C=C\c1nnc(C(F)(F)c2ccc3ncccc3c2)n1N)/C(C=N)=C/C. The second kappa shape index (κ2) is 7.51. The van der Waals surface area contributed by atoms with Gasteiger partial charge in [-0.2, -0.15) is 8.78 Å². The number of benzene rings is 1. The number of allylic oxidation sites excluding steroid dienone is 4. The Balaban J connectivity index is 1.95. The summed E-state index contributed by atoms with van der Waals surface area (Å²) < 4.78 is 30.8. The predicted molar refractivity (Wildman–Crippen MR) is 106 cm³/mol. The molecule has 142 valence electrons. The minimum Gasteiger partial charge on any atom is -0.336 e. The molecular weight excluding hydrogens is 362 g/mol. The number of nitrogens with two attached hydrogens (primary N) is 1. The highest BCUT2D eigenvalue weighted by molar-refractivity contribution is 5.84. The van der Waals surface area contributed by atoms with Crippen molar-refractivity contribution in [2.45, 2.75) is 12.8 Å². The van der Waals surface area contributed by atoms with E-state index in [1.807, 2.05) is 0 Å². The Morgan fingerprint density at radius 1 is 1.29 bits per heavy atom. The highest BCUT2D eigenvalue weighted by Gasteiger charge is 2.40. The summed E-state index contributed by atoms with van der Waals surface area (Å²) in [7, 11) is 0. The maximum absolute atomic E-state index is 15.0. The number of nitrogen functional groups attached to an aromatic ring is 1. The van der Waals surface area contributed by atoms with Crippen molar-refractivity contribution in [1.82, 2.24) is 19.9 Å². The van der Waals surface area contributed by atoms with Gasteiger partial charge in [0.25, 0.3) is 0 Å². The van der Waals surface area contributed by atoms with Gasteiger partial charge in [-0.25, -0.2) is 4.68 Å². The molecule has 0 aliphatic heterocycles. The lowest BCUT2D eigenvalue weighted by molar-refractivity contribution is 0.0303. The minimum atomic E-state index is -3.45. The first-order valence-electron chi connectivity index (χ1n) is 8.36. The smallest absolute Gasteiger partial charge is 0.333 e. The van der Waals surface area contributed by atoms with Gasteiger partial charge >= 0.3 is 5.92 Å². The van der Waals surface area contributed by atoms with Gasteiger partial charge in [0.2, 0.25) is 5.82 Å². The molecule has 0 atom stereocenters. The number of fused-ring (bicyclic) bond motifs is 1. The van der Waals surface area contributed by atoms with Gasteiger partial charge in [-0.05, 0) is 42.3 Å². The maximum atomic E-state index is 15.0. The molecule has 0 aliphatic carbocycles. The number of halogens is 2. The van der Waals surface area contributed by atoms with E-state index in [0.717, 1.165) is 10.9 Å². The van der Waals surface area contributed by atoms with Crippen LogP contribution in [0.25, 0.3) is 17.0 Å². The van der Waals surface area contributed by atoms with E-state index in [2.05, 4.69) is 21.8 Å². The molecule has 6 nitrogen and oxygen atoms in total. The molecule has 2 heterocycles. The summed E-state index contributed by atoms with van der Waals surface area (Å²) in [6.45, 7) is 5.58. The van der Waals surface area contributed by atoms with Crippen molar-refractivity contribution in [2.75, 3.05) is 5.84 Å². The number of nitrogens with zero attached hydrogens (tertiary/aromatic N) is 4. The lowest BCUT2D eigenvalue weighted by atomic mass is 10.0. The zero-order valence-electron chi connectivity index (χ0n) is 15.1. The fourth-order valence-corrected chi connectivity index (χ4v) is 2.66. The van der Waals surface area contributed by atoms with Crippen LogP contribution in [0.4, 0.5) is 8.78 Å². The third-order valence-electron chi connectivity index (χ3n) is 4.24. The van der Waals surface area contributed by atoms with Gasteiger partial charge in [-0.1, -0.05) is 30.9 Å². The Kier molecular flexibility index (Phi) is 5.12. The molecule has 28 heavy (non-hydrogen) atoms. The van der Waals surface area contributed by atoms with Crippen LogP contribution in [0.5, 0.6) is 0 Å². The molecule has 2 aromatic heterocycles. The maximum Gasteiger partial charge on any atom is 0.333 e. The summed E-state index contributed by atoms with van der Waals surface area (Å²) in [4.78, 5) is 4.13. The van der Waals surface area contributed by atoms with Crippen LogP contribution >= 0.6 is 0 Å². The van der Waals surface area contributed by atoms with E-state index < -0.39 is 11.7 Å². The topological polar surface area (TPSA) is 93.5 Å². The molecule has 0 aliphatic rings. The molecule has 3 rings (SSSR count). The fourth-order valence-electron chi connectivity index (χ4n) is 2.66. The van der Waals surface area contributed by atoms with Gasteiger partial charge < -0.3 is 11.3 Å². The average Bonchev–Trinajstić information content (AvgIpc) is 3.08. The van der Waals surface area contributed by atoms with Crippen LogP contribution in [-0.2, 0) is 5.92 Å². The number of rotatable bonds is 6. The van der Waals surface area contributed by atoms with E-state index in [1.165, 1.54) is 30.4 Å². The van der Waals surface area contributed by atoms with E-state index in [4.69, 9.17) is 11.3 Å². The number of aromatic nitrogens is 4. The van der Waals surface area contributed by atoms with Gasteiger partial charge in [0.1, 0.15) is 0 Å². The number of pyridine rings is 1. The Labute approximate surface area is 160 Å². The normalized spacial score (nSPS) is 12.6. The molecule has 0 saturated heterocycles. The zero-order chi connectivity index (χ0) is 20.3. The second-order valence-electron chi connectivity index (χ2n) is 5.98. The van der Waals surface area contributed by atoms with Crippen molar-refractivity contribution in [3.05, 3.63) is 83.6 Å². The Morgan fingerprint density at radius 2 is 2.07 bits per heavy atom. The van der Waals surface area contributed by atoms with Gasteiger partial charge in [0.05, 0.1) is 5.52 Å². The van der Waals surface area contributed by atoms with Gasteiger partial charge in [-0.3, -0.25) is 4.98 Å². The van der Waals surface area contributed by atoms with Crippen molar-refractivity contribution >= 4 is 23.2 Å². The Bertz CT molecular complexity index is 1110. The zero-order valence-corrected chi connectivity index (χ0v) is 15.1. The van der Waals surface area contributed by atoms with Gasteiger partial charge in [-0.15, -0.1) is 10.2 Å². The molecule has 8 heteroatoms. The third-order valence-corrected chi connectivity index (χ3v) is 4.24. The Morgan fingerprint density at radius 3 is 2.79 bits per heavy atom. The highest BCUT2D eigenvalue weighted by Crippen LogP contribution is 2.35. The van der Waals surface area contributed by atoms with E-state index in [-0.39, 0.29) is 11.4 Å². The number of nitrogens with one attached hydrogen (secondary N) is 1. The quantitative estimate of drug-likeness (QED) is 0.386. The van der Waals surface area contributed by atoms with Crippen LogP contribution in [-0.4, -0.2) is 26.1 Å². The molecule has 0 unspecified atom stereocenters. The molecule has 3 aromatic rings. The molecule has 0 radical (unpaired) electrons. The first-order chi connectivity index (χ1) is 13.4. The van der Waals surface area contributed by atoms with E-state index in [0.29, 0.717) is 22.0 Å². The van der Waals surface area contributed by atoms with Crippen LogP contribution in [0.2, 0.25) is 0 Å². The average molecular weight is 380 g/mol. The third kappa shape index (κ3) is 3.44. The minimum absolute atomic E-state index is 0.0405. The number of hydrogen-bond donors (Lipinski definition) is 2. The van der Waals surface area contributed by atoms with Crippen LogP contribution in [0.15, 0.2) is 66.4 Å². The van der Waals surface area contributed by atoms with Crippen LogP contribution in [0.3, 0.4) is 0 Å². The fraction of sp³-hybridized carbons (Fsp3) is 0.100. The summed E-state index contributed by atoms with van der Waals surface area (Å²) in [5.74, 6) is 1.74. The van der Waals surface area contributed by atoms with Gasteiger partial charge in [0, 0.05) is 23.4 Å². The summed E-state index contributed by atoms with van der Waals surface area (Å²) in [5, 5.41) is 15.2. The molecule has 0 bridgehead atoms. The van der Waals surface area contributed by atoms with Crippen molar-refractivity contribution in [3.8, 4) is 0 Å². The molecule has 0 saturated carbocycles. The molecular formula is C20H18F2N6. The van der Waals surface area contributed by atoms with E-state index in [1.54, 1.807) is 31.3 Å². The summed E-state index contributed by atoms with van der Waals surface area (Å²) in [6, 6.07) is 7.56. The lowest BCUT2D eigenvalue weighted by Gasteiger charge is -2.16. The van der Waals surface area contributed by atoms with Crippen molar-refractivity contribution in [3.63, 3.8) is 0 Å². The first kappa shape index (κ1) is 19.1. The van der Waals surface area contributed by atoms with Crippen molar-refractivity contribution < 1.29 is 8.78 Å². The molecule has 0 spiro atoms. The summed E-state index contributed by atoms with van der Waals surface area (Å²) >= 11 is 0. The predicted octanol–water partition coefficient (Wildman–Crippen LogP) is 3.85. The number of hydrogen-bond acceptors (Lipinski definition) is 5. The first-order valence-corrected chi connectivity index (χ1v) is 8.36. The largest absolute Gasteiger partial charge is 0.336 e. The number of alkyl halides is 2. The molecule has 1 aromatic carbocycles. The van der Waals surface area contributed by atoms with E-state index in [9.17, 15) is 0 Å². The second-order valence-corrected chi connectivity index (χ2v) is 5.98. The lowest BCUT2D eigenvalue weighted by Crippen LogP contribution is -2.26. The van der Waals surface area contributed by atoms with E-state index >= 15 is 8.78 Å². The van der Waals surface area contributed by atoms with Crippen molar-refractivity contribution in [2.24, 2.45) is 0 Å². The van der Waals surface area contributed by atoms with Crippen LogP contribution in [0, 0.1) is 5.41 Å². The molecule has 3 N–H and O–H groups in total. The highest BCUT2D eigenvalue weighted by atomic mass is 19.3. The van der Waals surface area contributed by atoms with Crippen LogP contribution < -0.4 is 5.84 Å².